The Kier molecular flexibility index (Phi) is 5.00. The first kappa shape index (κ1) is 18.4. The molecule has 2 aromatic heterocycles. The van der Waals surface area contributed by atoms with Crippen LogP contribution in [0.25, 0.3) is 10.9 Å². The maximum Gasteiger partial charge on any atom is 0.193 e. The van der Waals surface area contributed by atoms with Gasteiger partial charge in [0.05, 0.1) is 6.54 Å². The average molecular weight is 382 g/mol. The zero-order chi connectivity index (χ0) is 19.7. The zero-order valence-corrected chi connectivity index (χ0v) is 15.9. The average Bonchev–Trinajstić information content (AvgIpc) is 3.27. The lowest BCUT2D eigenvalue weighted by molar-refractivity contribution is -0.670. The van der Waals surface area contributed by atoms with Crippen molar-refractivity contribution < 1.29 is 13.8 Å². The lowest BCUT2D eigenvalue weighted by atomic mass is 10.1. The van der Waals surface area contributed by atoms with Crippen LogP contribution in [-0.4, -0.2) is 22.5 Å². The van der Waals surface area contributed by atoms with Crippen LogP contribution in [0.1, 0.15) is 30.4 Å². The number of aromatic nitrogens is 2. The molecule has 0 bridgehead atoms. The molecule has 2 atom stereocenters. The summed E-state index contributed by atoms with van der Waals surface area (Å²) in [5.74, 6) is -0.168. The van der Waals surface area contributed by atoms with E-state index in [9.17, 15) is 4.39 Å². The Morgan fingerprint density at radius 3 is 2.93 bits per heavy atom. The van der Waals surface area contributed by atoms with Crippen LogP contribution in [-0.2, 0) is 18.4 Å². The van der Waals surface area contributed by atoms with Gasteiger partial charge in [0.2, 0.25) is 0 Å². The number of aryl methyl sites for hydroxylation is 1. The topological polar surface area (TPSA) is 82.4 Å². The van der Waals surface area contributed by atoms with Gasteiger partial charge in [0.25, 0.3) is 0 Å². The van der Waals surface area contributed by atoms with Crippen molar-refractivity contribution in [2.75, 3.05) is 0 Å². The van der Waals surface area contributed by atoms with E-state index >= 15 is 0 Å². The van der Waals surface area contributed by atoms with Gasteiger partial charge in [-0.25, -0.2) is 8.96 Å². The normalized spacial score (nSPS) is 20.0. The molecule has 0 amide bonds. The largest absolute Gasteiger partial charge is 0.389 e. The molecule has 4 N–H and O–H groups in total. The van der Waals surface area contributed by atoms with Crippen molar-refractivity contribution in [2.45, 2.75) is 38.0 Å². The highest BCUT2D eigenvalue weighted by molar-refractivity contribution is 5.97. The van der Waals surface area contributed by atoms with Crippen LogP contribution in [0.15, 0.2) is 54.1 Å². The molecule has 1 saturated carbocycles. The maximum atomic E-state index is 14.7. The van der Waals surface area contributed by atoms with E-state index in [4.69, 9.17) is 16.3 Å². The molecule has 1 aliphatic rings. The molecule has 6 nitrogen and oxygen atoms in total. The first-order chi connectivity index (χ1) is 13.5. The summed E-state index contributed by atoms with van der Waals surface area (Å²) in [4.78, 5) is 5.46. The Morgan fingerprint density at radius 2 is 2.18 bits per heavy atom. The predicted molar refractivity (Wildman–Crippen MR) is 106 cm³/mol. The van der Waals surface area contributed by atoms with Gasteiger partial charge in [0.1, 0.15) is 24.5 Å². The van der Waals surface area contributed by atoms with Crippen molar-refractivity contribution in [2.24, 2.45) is 23.7 Å². The summed E-state index contributed by atoms with van der Waals surface area (Å²) in [6.07, 6.45) is 8.68. The second-order valence-corrected chi connectivity index (χ2v) is 7.42. The zero-order valence-electron chi connectivity index (χ0n) is 15.9. The number of rotatable bonds is 5. The Balaban J connectivity index is 1.51. The SMILES string of the molecule is C[n+]1ccc2ccn(Cc3ccc(C(N)=NOC4CCCC4N)cc3F)c2c1. The minimum Gasteiger partial charge on any atom is -0.389 e. The monoisotopic (exact) mass is 382 g/mol. The molecule has 1 aromatic carbocycles. The number of hydrogen-bond donors (Lipinski definition) is 2. The number of nitrogens with two attached hydrogens (primary N) is 2. The maximum absolute atomic E-state index is 14.7. The molecule has 4 rings (SSSR count). The lowest BCUT2D eigenvalue weighted by Crippen LogP contribution is -2.30. The number of oxime groups is 1. The second-order valence-electron chi connectivity index (χ2n) is 7.42. The molecule has 0 aliphatic heterocycles. The van der Waals surface area contributed by atoms with E-state index in [0.29, 0.717) is 17.7 Å². The molecular weight excluding hydrogens is 357 g/mol. The minimum absolute atomic E-state index is 0.0196. The highest BCUT2D eigenvalue weighted by atomic mass is 19.1. The fourth-order valence-electron chi connectivity index (χ4n) is 3.64. The standard InChI is InChI=1S/C21H25FN5O/c1-26-9-7-14-8-10-27(19(14)13-26)12-16-6-5-15(11-17(16)22)21(24)25-28-20-4-2-3-18(20)23/h5-11,13,18,20H,2-4,12,23H2,1H3,(H2,24,25)/q+1. The van der Waals surface area contributed by atoms with Gasteiger partial charge in [-0.1, -0.05) is 17.3 Å². The van der Waals surface area contributed by atoms with Gasteiger partial charge in [-0.3, -0.25) is 0 Å². The van der Waals surface area contributed by atoms with Crippen LogP contribution in [0.3, 0.4) is 0 Å². The van der Waals surface area contributed by atoms with Crippen molar-refractivity contribution in [1.29, 1.82) is 0 Å². The van der Waals surface area contributed by atoms with E-state index in [1.165, 1.54) is 6.07 Å². The van der Waals surface area contributed by atoms with Gasteiger partial charge in [-0.05, 0) is 31.4 Å². The Bertz CT molecular complexity index is 1030. The summed E-state index contributed by atoms with van der Waals surface area (Å²) in [5.41, 5.74) is 14.1. The molecule has 2 unspecified atom stereocenters. The smallest absolute Gasteiger partial charge is 0.193 e. The highest BCUT2D eigenvalue weighted by Gasteiger charge is 2.25. The second kappa shape index (κ2) is 7.59. The summed E-state index contributed by atoms with van der Waals surface area (Å²) in [6, 6.07) is 8.95. The Hall–Kier alpha value is -2.93. The molecule has 1 fully saturated rings. The summed E-state index contributed by atoms with van der Waals surface area (Å²) in [7, 11) is 1.97. The number of pyridine rings is 1. The first-order valence-corrected chi connectivity index (χ1v) is 9.49. The third-order valence-electron chi connectivity index (χ3n) is 5.33. The van der Waals surface area contributed by atoms with Crippen LogP contribution in [0, 0.1) is 5.82 Å². The highest BCUT2D eigenvalue weighted by Crippen LogP contribution is 2.21. The van der Waals surface area contributed by atoms with Gasteiger partial charge in [0.15, 0.2) is 18.2 Å². The molecule has 0 spiro atoms. The number of fused-ring (bicyclic) bond motifs is 1. The molecule has 28 heavy (non-hydrogen) atoms. The number of hydrogen-bond acceptors (Lipinski definition) is 3. The van der Waals surface area contributed by atoms with Crippen LogP contribution in [0.5, 0.6) is 0 Å². The van der Waals surface area contributed by atoms with Crippen molar-refractivity contribution in [3.05, 3.63) is 65.9 Å². The van der Waals surface area contributed by atoms with E-state index in [1.54, 1.807) is 12.1 Å². The summed E-state index contributed by atoms with van der Waals surface area (Å²) < 4.78 is 18.7. The van der Waals surface area contributed by atoms with Gasteiger partial charge >= 0.3 is 0 Å². The molecule has 0 radical (unpaired) electrons. The Labute approximate surface area is 163 Å². The van der Waals surface area contributed by atoms with Crippen molar-refractivity contribution in [1.82, 2.24) is 4.57 Å². The fraction of sp³-hybridized carbons (Fsp3) is 0.333. The molecule has 0 saturated heterocycles. The molecule has 2 heterocycles. The van der Waals surface area contributed by atoms with Gasteiger partial charge in [-0.2, -0.15) is 0 Å². The van der Waals surface area contributed by atoms with E-state index in [-0.39, 0.29) is 23.8 Å². The van der Waals surface area contributed by atoms with Gasteiger partial charge in [-0.15, -0.1) is 0 Å². The molecular formula is C21H25FN5O+. The van der Waals surface area contributed by atoms with Crippen LogP contribution < -0.4 is 16.0 Å². The van der Waals surface area contributed by atoms with E-state index < -0.39 is 0 Å². The summed E-state index contributed by atoms with van der Waals surface area (Å²) >= 11 is 0. The summed E-state index contributed by atoms with van der Waals surface area (Å²) in [6.45, 7) is 0.435. The van der Waals surface area contributed by atoms with E-state index in [0.717, 1.165) is 30.2 Å². The number of benzene rings is 1. The fourth-order valence-corrected chi connectivity index (χ4v) is 3.64. The summed E-state index contributed by atoms with van der Waals surface area (Å²) in [5, 5.41) is 5.08. The minimum atomic E-state index is -0.324. The molecule has 1 aliphatic carbocycles. The third-order valence-corrected chi connectivity index (χ3v) is 5.33. The lowest BCUT2D eigenvalue weighted by Gasteiger charge is -2.13. The van der Waals surface area contributed by atoms with E-state index in [1.807, 2.05) is 46.9 Å². The van der Waals surface area contributed by atoms with Crippen molar-refractivity contribution in [3.8, 4) is 0 Å². The number of halogens is 1. The number of nitrogens with zero attached hydrogens (tertiary/aromatic N) is 3. The third kappa shape index (κ3) is 3.71. The number of amidine groups is 1. The van der Waals surface area contributed by atoms with E-state index in [2.05, 4.69) is 5.16 Å². The van der Waals surface area contributed by atoms with Crippen molar-refractivity contribution in [3.63, 3.8) is 0 Å². The molecule has 7 heteroatoms. The van der Waals surface area contributed by atoms with Gasteiger partial charge in [0, 0.05) is 34.8 Å². The van der Waals surface area contributed by atoms with Crippen molar-refractivity contribution >= 4 is 16.7 Å². The Morgan fingerprint density at radius 1 is 1.32 bits per heavy atom. The quantitative estimate of drug-likeness (QED) is 0.307. The molecule has 3 aromatic rings. The molecule has 146 valence electrons. The first-order valence-electron chi connectivity index (χ1n) is 9.49. The predicted octanol–water partition coefficient (Wildman–Crippen LogP) is 2.17. The van der Waals surface area contributed by atoms with Crippen LogP contribution in [0.4, 0.5) is 4.39 Å². The van der Waals surface area contributed by atoms with Crippen LogP contribution >= 0.6 is 0 Å². The van der Waals surface area contributed by atoms with Gasteiger partial charge < -0.3 is 20.9 Å². The van der Waals surface area contributed by atoms with Crippen LogP contribution in [0.2, 0.25) is 0 Å².